The maximum Gasteiger partial charge on any atom is 0.296 e. The Morgan fingerprint density at radius 2 is 2.03 bits per heavy atom. The van der Waals surface area contributed by atoms with Crippen molar-refractivity contribution >= 4 is 18.0 Å². The summed E-state index contributed by atoms with van der Waals surface area (Å²) in [5.41, 5.74) is 1.22. The van der Waals surface area contributed by atoms with Gasteiger partial charge in [-0.2, -0.15) is 0 Å². The van der Waals surface area contributed by atoms with E-state index in [0.717, 1.165) is 44.2 Å². The smallest absolute Gasteiger partial charge is 0.296 e. The summed E-state index contributed by atoms with van der Waals surface area (Å²) in [6, 6.07) is 0. The number of Topliss-reactive ketones (excluding diaryl/α,β-unsaturated/α-hetero) is 1. The van der Waals surface area contributed by atoms with Crippen LogP contribution in [0.3, 0.4) is 0 Å². The first-order chi connectivity index (χ1) is 14.7. The van der Waals surface area contributed by atoms with E-state index >= 15 is 0 Å². The van der Waals surface area contributed by atoms with Crippen LogP contribution in [-0.4, -0.2) is 47.7 Å². The van der Waals surface area contributed by atoms with Gasteiger partial charge in [-0.3, -0.25) is 9.59 Å². The van der Waals surface area contributed by atoms with E-state index in [2.05, 4.69) is 29.8 Å². The van der Waals surface area contributed by atoms with Gasteiger partial charge < -0.3 is 19.8 Å². The first-order valence-electron chi connectivity index (χ1n) is 11.5. The fourth-order valence-electron chi connectivity index (χ4n) is 7.81. The number of aliphatic hydroxyl groups is 2. The lowest BCUT2D eigenvalue weighted by molar-refractivity contribution is -0.159. The lowest BCUT2D eigenvalue weighted by atomic mass is 9.44. The standard InChI is InChI=1S/C24H35NO6/c1-22-8-6-16(25-31-14-30-13-27)10-15(22)4-5-17-18-7-9-23(2,20(29)12-26)24(18,3)11-19(28)21(17)22/h10,13,17-19,21,26,28H,4-9,11-12,14H2,1-3H3/t17?,18?,19?,21?,22-,23+,24-/m0/s1. The first-order valence-corrected chi connectivity index (χ1v) is 11.5. The van der Waals surface area contributed by atoms with Crippen LogP contribution in [0.1, 0.15) is 65.7 Å². The molecule has 0 aromatic heterocycles. The third kappa shape index (κ3) is 3.27. The van der Waals surface area contributed by atoms with Gasteiger partial charge in [0.05, 0.1) is 11.8 Å². The summed E-state index contributed by atoms with van der Waals surface area (Å²) < 4.78 is 4.52. The second kappa shape index (κ2) is 8.00. The molecule has 4 rings (SSSR count). The third-order valence-electron chi connectivity index (χ3n) is 9.65. The third-order valence-corrected chi connectivity index (χ3v) is 9.65. The number of nitrogens with zero attached hydrogens (tertiary/aromatic N) is 1. The average Bonchev–Trinajstić information content (AvgIpc) is 3.01. The minimum Gasteiger partial charge on any atom is -0.428 e. The van der Waals surface area contributed by atoms with Crippen molar-refractivity contribution in [3.63, 3.8) is 0 Å². The number of ether oxygens (including phenoxy) is 1. The fraction of sp³-hybridized carbons (Fsp3) is 0.792. The molecule has 31 heavy (non-hydrogen) atoms. The quantitative estimate of drug-likeness (QED) is 0.289. The van der Waals surface area contributed by atoms with E-state index in [0.29, 0.717) is 24.7 Å². The predicted octanol–water partition coefficient (Wildman–Crippen LogP) is 2.99. The molecule has 4 aliphatic carbocycles. The number of fused-ring (bicyclic) bond motifs is 5. The van der Waals surface area contributed by atoms with Crippen LogP contribution in [0.2, 0.25) is 0 Å². The molecule has 0 heterocycles. The lowest BCUT2D eigenvalue weighted by Gasteiger charge is -2.61. The van der Waals surface area contributed by atoms with Crippen LogP contribution in [0, 0.1) is 34.0 Å². The molecule has 0 radical (unpaired) electrons. The van der Waals surface area contributed by atoms with Crippen LogP contribution in [0.25, 0.3) is 0 Å². The number of carbonyl (C=O) groups excluding carboxylic acids is 2. The molecule has 7 atom stereocenters. The molecule has 7 nitrogen and oxygen atoms in total. The van der Waals surface area contributed by atoms with Crippen molar-refractivity contribution < 1.29 is 29.4 Å². The zero-order valence-corrected chi connectivity index (χ0v) is 18.8. The molecular formula is C24H35NO6. The van der Waals surface area contributed by atoms with Gasteiger partial charge in [-0.15, -0.1) is 0 Å². The van der Waals surface area contributed by atoms with Gasteiger partial charge in [-0.05, 0) is 79.6 Å². The van der Waals surface area contributed by atoms with Crippen LogP contribution in [0.15, 0.2) is 16.8 Å². The Balaban J connectivity index is 1.60. The van der Waals surface area contributed by atoms with E-state index in [-0.39, 0.29) is 29.3 Å². The first kappa shape index (κ1) is 22.5. The molecule has 4 aliphatic rings. The van der Waals surface area contributed by atoms with Gasteiger partial charge in [0.25, 0.3) is 13.3 Å². The molecule has 3 fully saturated rings. The maximum atomic E-state index is 12.7. The van der Waals surface area contributed by atoms with Gasteiger partial charge in [-0.25, -0.2) is 0 Å². The molecule has 2 N–H and O–H groups in total. The molecule has 3 saturated carbocycles. The van der Waals surface area contributed by atoms with E-state index in [1.54, 1.807) is 0 Å². The number of allylic oxidation sites excluding steroid dienone is 2. The highest BCUT2D eigenvalue weighted by Gasteiger charge is 2.66. The monoisotopic (exact) mass is 433 g/mol. The molecule has 0 saturated heterocycles. The topological polar surface area (TPSA) is 105 Å². The minimum absolute atomic E-state index is 0.0807. The Morgan fingerprint density at radius 3 is 2.74 bits per heavy atom. The Hall–Kier alpha value is -1.73. The fourth-order valence-corrected chi connectivity index (χ4v) is 7.81. The van der Waals surface area contributed by atoms with Crippen LogP contribution >= 0.6 is 0 Å². The zero-order chi connectivity index (χ0) is 22.4. The Morgan fingerprint density at radius 1 is 1.26 bits per heavy atom. The second-order valence-electron chi connectivity index (χ2n) is 10.7. The summed E-state index contributed by atoms with van der Waals surface area (Å²) in [5, 5.41) is 25.2. The molecule has 0 aromatic rings. The summed E-state index contributed by atoms with van der Waals surface area (Å²) >= 11 is 0. The minimum atomic E-state index is -0.567. The largest absolute Gasteiger partial charge is 0.428 e. The number of ketones is 1. The van der Waals surface area contributed by atoms with Crippen molar-refractivity contribution in [2.45, 2.75) is 71.8 Å². The summed E-state index contributed by atoms with van der Waals surface area (Å²) in [6.45, 7) is 6.18. The van der Waals surface area contributed by atoms with E-state index in [4.69, 9.17) is 4.84 Å². The summed E-state index contributed by atoms with van der Waals surface area (Å²) in [4.78, 5) is 28.0. The Kier molecular flexibility index (Phi) is 5.80. The molecule has 4 unspecified atom stereocenters. The highest BCUT2D eigenvalue weighted by molar-refractivity contribution is 5.96. The number of oxime groups is 1. The van der Waals surface area contributed by atoms with Crippen LogP contribution in [-0.2, 0) is 19.2 Å². The number of hydrogen-bond donors (Lipinski definition) is 2. The molecule has 0 bridgehead atoms. The Labute approximate surface area is 183 Å². The summed E-state index contributed by atoms with van der Waals surface area (Å²) in [7, 11) is 0. The average molecular weight is 434 g/mol. The number of aliphatic hydroxyl groups excluding tert-OH is 2. The summed E-state index contributed by atoms with van der Waals surface area (Å²) in [5.74, 6) is 0.847. The van der Waals surface area contributed by atoms with Crippen molar-refractivity contribution in [3.05, 3.63) is 11.6 Å². The van der Waals surface area contributed by atoms with Gasteiger partial charge in [0.15, 0.2) is 5.78 Å². The predicted molar refractivity (Wildman–Crippen MR) is 114 cm³/mol. The van der Waals surface area contributed by atoms with Gasteiger partial charge in [0, 0.05) is 5.41 Å². The van der Waals surface area contributed by atoms with E-state index in [9.17, 15) is 19.8 Å². The Bertz CT molecular complexity index is 808. The van der Waals surface area contributed by atoms with E-state index in [1.165, 1.54) is 5.57 Å². The van der Waals surface area contributed by atoms with Crippen molar-refractivity contribution in [1.82, 2.24) is 0 Å². The van der Waals surface area contributed by atoms with E-state index < -0.39 is 18.1 Å². The molecule has 172 valence electrons. The lowest BCUT2D eigenvalue weighted by Crippen LogP contribution is -2.59. The van der Waals surface area contributed by atoms with Crippen molar-refractivity contribution in [2.24, 2.45) is 39.2 Å². The van der Waals surface area contributed by atoms with Crippen LogP contribution < -0.4 is 0 Å². The maximum absolute atomic E-state index is 12.7. The summed E-state index contributed by atoms with van der Waals surface area (Å²) in [6.07, 6.45) is 7.61. The number of hydrogen-bond acceptors (Lipinski definition) is 7. The highest BCUT2D eigenvalue weighted by atomic mass is 16.7. The van der Waals surface area contributed by atoms with Gasteiger partial charge >= 0.3 is 0 Å². The molecule has 0 aliphatic heterocycles. The van der Waals surface area contributed by atoms with Crippen LogP contribution in [0.5, 0.6) is 0 Å². The zero-order valence-electron chi connectivity index (χ0n) is 18.8. The molecule has 0 spiro atoms. The number of rotatable bonds is 6. The molecular weight excluding hydrogens is 398 g/mol. The SMILES string of the molecule is C[C@]12CCC(=NOCOC=O)C=C1CCC1C2C(O)C[C@@]2(C)C1CC[C@]2(C)C(=O)CO. The number of carbonyl (C=O) groups is 2. The molecule has 0 amide bonds. The van der Waals surface area contributed by atoms with Crippen molar-refractivity contribution in [1.29, 1.82) is 0 Å². The van der Waals surface area contributed by atoms with Crippen molar-refractivity contribution in [3.8, 4) is 0 Å². The molecule has 0 aromatic carbocycles. The second-order valence-corrected chi connectivity index (χ2v) is 10.7. The van der Waals surface area contributed by atoms with E-state index in [1.807, 2.05) is 6.92 Å². The van der Waals surface area contributed by atoms with Gasteiger partial charge in [0.2, 0.25) is 0 Å². The normalized spacial score (nSPS) is 45.2. The molecule has 7 heteroatoms. The van der Waals surface area contributed by atoms with Gasteiger partial charge in [-0.1, -0.05) is 31.5 Å². The van der Waals surface area contributed by atoms with Crippen LogP contribution in [0.4, 0.5) is 0 Å². The van der Waals surface area contributed by atoms with Gasteiger partial charge in [0.1, 0.15) is 6.61 Å². The highest BCUT2D eigenvalue weighted by Crippen LogP contribution is 2.69. The van der Waals surface area contributed by atoms with Crippen molar-refractivity contribution in [2.75, 3.05) is 13.4 Å².